The van der Waals surface area contributed by atoms with Gasteiger partial charge in [0.25, 0.3) is 0 Å². The molecule has 1 aromatic carbocycles. The molecule has 0 fully saturated rings. The molecule has 0 aliphatic carbocycles. The Hall–Kier alpha value is -0.900. The zero-order valence-corrected chi connectivity index (χ0v) is 14.7. The number of rotatable bonds is 4. The smallest absolute Gasteiger partial charge is 0.326 e. The highest BCUT2D eigenvalue weighted by Crippen LogP contribution is 2.05. The van der Waals surface area contributed by atoms with Gasteiger partial charge in [0.1, 0.15) is 13.2 Å². The van der Waals surface area contributed by atoms with Gasteiger partial charge in [-0.2, -0.15) is 0 Å². The third-order valence-electron chi connectivity index (χ3n) is 2.55. The van der Waals surface area contributed by atoms with Crippen molar-refractivity contribution >= 4 is 51.2 Å². The Kier molecular flexibility index (Phi) is 5.58. The normalized spacial score (nSPS) is 10.3. The molecule has 104 valence electrons. The number of halogens is 2. The van der Waals surface area contributed by atoms with Crippen LogP contribution in [0.2, 0.25) is 0 Å². The second-order valence-corrected chi connectivity index (χ2v) is 6.43. The Morgan fingerprint density at radius 2 is 1.70 bits per heavy atom. The van der Waals surface area contributed by atoms with E-state index in [0.717, 1.165) is 5.56 Å². The maximum atomic E-state index is 11.8. The quantitative estimate of drug-likeness (QED) is 0.485. The predicted octanol–water partition coefficient (Wildman–Crippen LogP) is 2.80. The fraction of sp³-hybridized carbons (Fsp3) is 0.143. The molecule has 0 amide bonds. The fourth-order valence-corrected chi connectivity index (χ4v) is 3.40. The summed E-state index contributed by atoms with van der Waals surface area (Å²) in [5.74, 6) is -0.330. The molecule has 0 saturated carbocycles. The monoisotopic (exact) mass is 495 g/mol. The van der Waals surface area contributed by atoms with Crippen molar-refractivity contribution < 1.29 is 9.53 Å². The molecule has 0 bridgehead atoms. The van der Waals surface area contributed by atoms with E-state index in [0.29, 0.717) is 7.14 Å². The van der Waals surface area contributed by atoms with Gasteiger partial charge in [-0.05, 0) is 50.7 Å². The van der Waals surface area contributed by atoms with Crippen molar-refractivity contribution in [2.75, 3.05) is 0 Å². The maximum absolute atomic E-state index is 11.8. The molecule has 0 atom stereocenters. The first-order valence-corrected chi connectivity index (χ1v) is 7.96. The van der Waals surface area contributed by atoms with E-state index in [4.69, 9.17) is 4.74 Å². The van der Waals surface area contributed by atoms with Crippen molar-refractivity contribution in [3.63, 3.8) is 0 Å². The molecule has 0 radical (unpaired) electrons. The van der Waals surface area contributed by atoms with Crippen molar-refractivity contribution in [3.8, 4) is 0 Å². The zero-order chi connectivity index (χ0) is 14.5. The lowest BCUT2D eigenvalue weighted by atomic mass is 10.2. The SMILES string of the molecule is O=C(Cn1cc(I)c(=O)c(I)c1)OCc1ccccc1. The molecule has 2 rings (SSSR count). The Morgan fingerprint density at radius 1 is 1.10 bits per heavy atom. The minimum absolute atomic E-state index is 0.0138. The lowest BCUT2D eigenvalue weighted by Crippen LogP contribution is -2.18. The standard InChI is InChI=1S/C14H11I2NO3/c15-11-6-17(7-12(16)14(11)19)8-13(18)20-9-10-4-2-1-3-5-10/h1-7H,8-9H2. The number of pyridine rings is 1. The number of nitrogens with zero attached hydrogens (tertiary/aromatic N) is 1. The fourth-order valence-electron chi connectivity index (χ4n) is 1.58. The minimum atomic E-state index is -0.330. The number of hydrogen-bond donors (Lipinski definition) is 0. The molecule has 6 heteroatoms. The van der Waals surface area contributed by atoms with Crippen LogP contribution in [0.1, 0.15) is 5.56 Å². The van der Waals surface area contributed by atoms with Crippen molar-refractivity contribution in [1.82, 2.24) is 4.57 Å². The zero-order valence-electron chi connectivity index (χ0n) is 10.4. The van der Waals surface area contributed by atoms with Crippen LogP contribution in [0.3, 0.4) is 0 Å². The molecule has 0 aliphatic heterocycles. The summed E-state index contributed by atoms with van der Waals surface area (Å²) in [6.45, 7) is 0.354. The Bertz CT molecular complexity index is 642. The first-order chi connectivity index (χ1) is 9.56. The van der Waals surface area contributed by atoms with E-state index in [2.05, 4.69) is 0 Å². The van der Waals surface area contributed by atoms with Gasteiger partial charge >= 0.3 is 5.97 Å². The molecule has 1 heterocycles. The number of esters is 1. The van der Waals surface area contributed by atoms with Crippen LogP contribution in [-0.4, -0.2) is 10.5 Å². The van der Waals surface area contributed by atoms with Crippen LogP contribution in [0.25, 0.3) is 0 Å². The molecule has 20 heavy (non-hydrogen) atoms. The highest BCUT2D eigenvalue weighted by Gasteiger charge is 2.07. The Balaban J connectivity index is 1.97. The van der Waals surface area contributed by atoms with Gasteiger partial charge < -0.3 is 9.30 Å². The van der Waals surface area contributed by atoms with E-state index >= 15 is 0 Å². The second kappa shape index (κ2) is 7.21. The van der Waals surface area contributed by atoms with Crippen LogP contribution in [0.15, 0.2) is 47.5 Å². The summed E-state index contributed by atoms with van der Waals surface area (Å²) >= 11 is 3.93. The summed E-state index contributed by atoms with van der Waals surface area (Å²) in [7, 11) is 0. The molecular formula is C14H11I2NO3. The third kappa shape index (κ3) is 4.30. The van der Waals surface area contributed by atoms with Gasteiger partial charge in [-0.1, -0.05) is 30.3 Å². The first-order valence-electron chi connectivity index (χ1n) is 5.81. The van der Waals surface area contributed by atoms with Crippen molar-refractivity contribution in [2.45, 2.75) is 13.2 Å². The van der Waals surface area contributed by atoms with Crippen LogP contribution in [-0.2, 0) is 22.7 Å². The summed E-state index contributed by atoms with van der Waals surface area (Å²) in [5, 5.41) is 0. The molecule has 0 N–H and O–H groups in total. The van der Waals surface area contributed by atoms with Gasteiger partial charge in [0.05, 0.1) is 7.14 Å². The van der Waals surface area contributed by atoms with Gasteiger partial charge in [-0.3, -0.25) is 9.59 Å². The number of carbonyl (C=O) groups excluding carboxylic acids is 1. The van der Waals surface area contributed by atoms with Crippen LogP contribution in [0.4, 0.5) is 0 Å². The number of hydrogen-bond acceptors (Lipinski definition) is 3. The van der Waals surface area contributed by atoms with Crippen LogP contribution < -0.4 is 5.43 Å². The number of carbonyl (C=O) groups is 1. The van der Waals surface area contributed by atoms with E-state index in [9.17, 15) is 9.59 Å². The summed E-state index contributed by atoms with van der Waals surface area (Å²) in [6, 6.07) is 9.51. The van der Waals surface area contributed by atoms with E-state index in [1.54, 1.807) is 17.0 Å². The number of aromatic nitrogens is 1. The van der Waals surface area contributed by atoms with Gasteiger partial charge in [-0.15, -0.1) is 0 Å². The molecule has 1 aromatic heterocycles. The van der Waals surface area contributed by atoms with Crippen LogP contribution in [0.5, 0.6) is 0 Å². The summed E-state index contributed by atoms with van der Waals surface area (Å²) in [5.41, 5.74) is 0.935. The van der Waals surface area contributed by atoms with Gasteiger partial charge in [0.15, 0.2) is 0 Å². The second-order valence-electron chi connectivity index (χ2n) is 4.10. The van der Waals surface area contributed by atoms with Gasteiger partial charge in [0, 0.05) is 12.4 Å². The predicted molar refractivity (Wildman–Crippen MR) is 92.4 cm³/mol. The highest BCUT2D eigenvalue weighted by molar-refractivity contribution is 14.1. The molecular weight excluding hydrogens is 484 g/mol. The summed E-state index contributed by atoms with van der Waals surface area (Å²) < 4.78 is 8.04. The Morgan fingerprint density at radius 3 is 2.30 bits per heavy atom. The average Bonchev–Trinajstić information content (AvgIpc) is 2.43. The molecule has 4 nitrogen and oxygen atoms in total. The molecule has 0 saturated heterocycles. The molecule has 0 spiro atoms. The van der Waals surface area contributed by atoms with Crippen LogP contribution >= 0.6 is 45.2 Å². The van der Waals surface area contributed by atoms with E-state index < -0.39 is 0 Å². The van der Waals surface area contributed by atoms with E-state index in [1.807, 2.05) is 75.5 Å². The Labute approximate surface area is 143 Å². The van der Waals surface area contributed by atoms with Gasteiger partial charge in [-0.25, -0.2) is 0 Å². The third-order valence-corrected chi connectivity index (χ3v) is 4.08. The summed E-state index contributed by atoms with van der Waals surface area (Å²) in [6.07, 6.45) is 3.30. The minimum Gasteiger partial charge on any atom is -0.459 e. The number of ether oxygens (including phenoxy) is 1. The van der Waals surface area contributed by atoms with Crippen molar-refractivity contribution in [1.29, 1.82) is 0 Å². The van der Waals surface area contributed by atoms with Crippen molar-refractivity contribution in [3.05, 3.63) is 65.7 Å². The van der Waals surface area contributed by atoms with Gasteiger partial charge in [0.2, 0.25) is 5.43 Å². The molecule has 2 aromatic rings. The molecule has 0 aliphatic rings. The van der Waals surface area contributed by atoms with Crippen LogP contribution in [0, 0.1) is 7.14 Å². The maximum Gasteiger partial charge on any atom is 0.326 e. The number of benzene rings is 1. The largest absolute Gasteiger partial charge is 0.459 e. The average molecular weight is 495 g/mol. The highest BCUT2D eigenvalue weighted by atomic mass is 127. The first kappa shape index (κ1) is 15.5. The lowest BCUT2D eigenvalue weighted by Gasteiger charge is -2.08. The van der Waals surface area contributed by atoms with E-state index in [-0.39, 0.29) is 24.5 Å². The summed E-state index contributed by atoms with van der Waals surface area (Å²) in [4.78, 5) is 23.3. The van der Waals surface area contributed by atoms with Crippen molar-refractivity contribution in [2.24, 2.45) is 0 Å². The van der Waals surface area contributed by atoms with E-state index in [1.165, 1.54) is 0 Å². The topological polar surface area (TPSA) is 48.3 Å². The molecule has 0 unspecified atom stereocenters. The lowest BCUT2D eigenvalue weighted by molar-refractivity contribution is -0.145.